The second-order valence-electron chi connectivity index (χ2n) is 21.4. The molecule has 0 saturated carbocycles. The number of aliphatic hydroxyl groups excluding tert-OH is 1. The van der Waals surface area contributed by atoms with Crippen LogP contribution in [0.4, 0.5) is 0 Å². The van der Waals surface area contributed by atoms with E-state index in [2.05, 4.69) is 26.1 Å². The van der Waals surface area contributed by atoms with Gasteiger partial charge in [-0.1, -0.05) is 255 Å². The van der Waals surface area contributed by atoms with Crippen molar-refractivity contribution < 1.29 is 51.0 Å². The topological polar surface area (TPSA) is 164 Å². The van der Waals surface area contributed by atoms with Crippen molar-refractivity contribution in [3.8, 4) is 0 Å². The van der Waals surface area contributed by atoms with Crippen LogP contribution < -0.4 is 5.32 Å². The molecule has 2 aromatic rings. The standard InChI is InChI=1S/C62H103NO11S/c1-5-8-11-14-17-20-23-26-29-32-38-43-56(64)72-54(42-37-31-28-25-22-19-16-13-10-7-3)61(67)63-58-60(74-57(65)44-39-33-30-27-24-21-18-15-12-9-6-2)59(66)55(73-62(58)70-49-52-40-35-34-36-41-52)50-71-75(68,69)53-47-45-51(4)46-48-53/h34-36,40-41,45-48,54-55,58-60,62,66H,5-33,37-39,42-44,49-50H2,1-4H3,(H,63,67)/t54?,55-,58-,59-,60-,62-/m1/s1. The molecule has 0 aromatic heterocycles. The summed E-state index contributed by atoms with van der Waals surface area (Å²) in [5, 5.41) is 15.0. The van der Waals surface area contributed by atoms with Crippen LogP contribution in [0.2, 0.25) is 0 Å². The van der Waals surface area contributed by atoms with Gasteiger partial charge in [0, 0.05) is 12.8 Å². The van der Waals surface area contributed by atoms with Crippen molar-refractivity contribution in [3.05, 3.63) is 65.7 Å². The van der Waals surface area contributed by atoms with Crippen molar-refractivity contribution in [2.45, 2.75) is 301 Å². The summed E-state index contributed by atoms with van der Waals surface area (Å²) < 4.78 is 57.2. The first-order valence-electron chi connectivity index (χ1n) is 30.1. The Morgan fingerprint density at radius 1 is 0.587 bits per heavy atom. The summed E-state index contributed by atoms with van der Waals surface area (Å²) in [6, 6.07) is 14.2. The van der Waals surface area contributed by atoms with Crippen molar-refractivity contribution in [3.63, 3.8) is 0 Å². The van der Waals surface area contributed by atoms with Crippen molar-refractivity contribution in [1.82, 2.24) is 5.32 Å². The second kappa shape index (κ2) is 41.7. The Bertz CT molecular complexity index is 1860. The van der Waals surface area contributed by atoms with E-state index in [4.69, 9.17) is 23.1 Å². The number of ether oxygens (including phenoxy) is 4. The number of carbonyl (C=O) groups excluding carboxylic acids is 3. The quantitative estimate of drug-likeness (QED) is 0.0368. The number of unbranched alkanes of at least 4 members (excludes halogenated alkanes) is 29. The number of aryl methyl sites for hydroxylation is 1. The minimum Gasteiger partial charge on any atom is -0.457 e. The molecule has 6 atom stereocenters. The molecule has 0 spiro atoms. The Labute approximate surface area is 455 Å². The van der Waals surface area contributed by atoms with Gasteiger partial charge in [-0.2, -0.15) is 8.42 Å². The van der Waals surface area contributed by atoms with E-state index < -0.39 is 71.3 Å². The summed E-state index contributed by atoms with van der Waals surface area (Å²) in [6.07, 6.45) is 29.5. The molecule has 1 heterocycles. The van der Waals surface area contributed by atoms with Gasteiger partial charge in [0.1, 0.15) is 18.2 Å². The van der Waals surface area contributed by atoms with Gasteiger partial charge in [0.2, 0.25) is 0 Å². The van der Waals surface area contributed by atoms with Crippen LogP contribution in [0.15, 0.2) is 59.5 Å². The first-order chi connectivity index (χ1) is 36.5. The van der Waals surface area contributed by atoms with Crippen LogP contribution in [0.3, 0.4) is 0 Å². The predicted molar refractivity (Wildman–Crippen MR) is 301 cm³/mol. The highest BCUT2D eigenvalue weighted by Crippen LogP contribution is 2.29. The van der Waals surface area contributed by atoms with Crippen molar-refractivity contribution >= 4 is 28.0 Å². The van der Waals surface area contributed by atoms with E-state index in [9.17, 15) is 27.9 Å². The van der Waals surface area contributed by atoms with E-state index >= 15 is 0 Å². The van der Waals surface area contributed by atoms with E-state index in [0.29, 0.717) is 19.3 Å². The summed E-state index contributed by atoms with van der Waals surface area (Å²) in [5.74, 6) is -1.64. The molecule has 0 radical (unpaired) electrons. The van der Waals surface area contributed by atoms with E-state index in [1.807, 2.05) is 37.3 Å². The summed E-state index contributed by atoms with van der Waals surface area (Å²) in [5.41, 5.74) is 1.65. The Morgan fingerprint density at radius 2 is 1.03 bits per heavy atom. The number of benzene rings is 2. The lowest BCUT2D eigenvalue weighted by molar-refractivity contribution is -0.275. The highest BCUT2D eigenvalue weighted by Gasteiger charge is 2.50. The molecule has 0 aliphatic carbocycles. The van der Waals surface area contributed by atoms with Gasteiger partial charge >= 0.3 is 11.9 Å². The molecular weight excluding hydrogens is 967 g/mol. The van der Waals surface area contributed by atoms with Crippen LogP contribution in [0.25, 0.3) is 0 Å². The van der Waals surface area contributed by atoms with Gasteiger partial charge in [-0.15, -0.1) is 0 Å². The summed E-state index contributed by atoms with van der Waals surface area (Å²) in [6.45, 7) is 7.90. The third-order valence-corrected chi connectivity index (χ3v) is 15.9. The molecule has 75 heavy (non-hydrogen) atoms. The van der Waals surface area contributed by atoms with Crippen LogP contribution in [0, 0.1) is 6.92 Å². The van der Waals surface area contributed by atoms with Crippen LogP contribution >= 0.6 is 0 Å². The monoisotopic (exact) mass is 1070 g/mol. The zero-order chi connectivity index (χ0) is 54.2. The van der Waals surface area contributed by atoms with Crippen LogP contribution in [-0.2, 0) is 54.2 Å². The molecular formula is C62H103NO11S. The zero-order valence-corrected chi connectivity index (χ0v) is 48.1. The van der Waals surface area contributed by atoms with Gasteiger partial charge in [0.05, 0.1) is 18.1 Å². The smallest absolute Gasteiger partial charge is 0.306 e. The van der Waals surface area contributed by atoms with E-state index in [1.54, 1.807) is 12.1 Å². The van der Waals surface area contributed by atoms with Crippen molar-refractivity contribution in [2.75, 3.05) is 6.61 Å². The highest BCUT2D eigenvalue weighted by atomic mass is 32.2. The van der Waals surface area contributed by atoms with Gasteiger partial charge in [-0.3, -0.25) is 18.6 Å². The Hall–Kier alpha value is -3.36. The second-order valence-corrected chi connectivity index (χ2v) is 23.0. The van der Waals surface area contributed by atoms with Gasteiger partial charge < -0.3 is 29.4 Å². The number of nitrogens with one attached hydrogen (secondary N) is 1. The Morgan fingerprint density at radius 3 is 1.51 bits per heavy atom. The van der Waals surface area contributed by atoms with Crippen LogP contribution in [0.5, 0.6) is 0 Å². The molecule has 428 valence electrons. The molecule has 2 aromatic carbocycles. The van der Waals surface area contributed by atoms with E-state index in [0.717, 1.165) is 75.3 Å². The fraction of sp³-hybridized carbons (Fsp3) is 0.758. The number of hydrogen-bond donors (Lipinski definition) is 2. The van der Waals surface area contributed by atoms with E-state index in [-0.39, 0.29) is 30.8 Å². The molecule has 1 aliphatic rings. The van der Waals surface area contributed by atoms with Crippen molar-refractivity contribution in [1.29, 1.82) is 0 Å². The number of carbonyl (C=O) groups is 3. The van der Waals surface area contributed by atoms with Crippen LogP contribution in [-0.4, -0.2) is 74.7 Å². The lowest BCUT2D eigenvalue weighted by atomic mass is 9.95. The summed E-state index contributed by atoms with van der Waals surface area (Å²) >= 11 is 0. The largest absolute Gasteiger partial charge is 0.457 e. The molecule has 12 nitrogen and oxygen atoms in total. The van der Waals surface area contributed by atoms with Gasteiger partial charge in [-0.05, 0) is 50.3 Å². The molecule has 3 rings (SSSR count). The fourth-order valence-corrected chi connectivity index (χ4v) is 10.7. The third kappa shape index (κ3) is 29.8. The molecule has 2 N–H and O–H groups in total. The lowest BCUT2D eigenvalue weighted by Gasteiger charge is -2.44. The zero-order valence-electron chi connectivity index (χ0n) is 47.3. The fourth-order valence-electron chi connectivity index (χ4n) is 9.79. The summed E-state index contributed by atoms with van der Waals surface area (Å²) in [4.78, 5) is 41.9. The van der Waals surface area contributed by atoms with Crippen LogP contribution in [0.1, 0.15) is 257 Å². The average Bonchev–Trinajstić information content (AvgIpc) is 3.40. The maximum atomic E-state index is 14.6. The number of esters is 2. The normalized spacial score (nSPS) is 18.2. The maximum Gasteiger partial charge on any atom is 0.306 e. The number of rotatable bonds is 46. The molecule has 13 heteroatoms. The van der Waals surface area contributed by atoms with E-state index in [1.165, 1.54) is 134 Å². The molecule has 0 bridgehead atoms. The highest BCUT2D eigenvalue weighted by molar-refractivity contribution is 7.86. The third-order valence-electron chi connectivity index (χ3n) is 14.6. The average molecular weight is 1070 g/mol. The lowest BCUT2D eigenvalue weighted by Crippen LogP contribution is -2.66. The molecule has 1 fully saturated rings. The van der Waals surface area contributed by atoms with Crippen molar-refractivity contribution in [2.24, 2.45) is 0 Å². The number of hydrogen-bond acceptors (Lipinski definition) is 11. The van der Waals surface area contributed by atoms with Gasteiger partial charge in [0.25, 0.3) is 16.0 Å². The molecule has 1 unspecified atom stereocenters. The number of amides is 1. The SMILES string of the molecule is CCCCCCCCCCCCCC(=O)OC(CCCCCCCCCCCC)C(=O)N[C@H]1[C@H](OCc2ccccc2)O[C@H](COS(=O)(=O)c2ccc(C)cc2)[C@@H](O)[C@@H]1OC(=O)CCCCCCCCCCCCC. The molecule has 1 aliphatic heterocycles. The summed E-state index contributed by atoms with van der Waals surface area (Å²) in [7, 11) is -4.30. The molecule has 1 saturated heterocycles. The van der Waals surface area contributed by atoms with Gasteiger partial charge in [-0.25, -0.2) is 0 Å². The molecule has 1 amide bonds. The Balaban J connectivity index is 1.80. The van der Waals surface area contributed by atoms with Gasteiger partial charge in [0.15, 0.2) is 18.5 Å². The minimum absolute atomic E-state index is 0.0125. The Kier molecular flexibility index (Phi) is 36.7. The maximum absolute atomic E-state index is 14.6. The minimum atomic E-state index is -4.30. The predicted octanol–water partition coefficient (Wildman–Crippen LogP) is 15.0. The first-order valence-corrected chi connectivity index (χ1v) is 31.5. The number of aliphatic hydroxyl groups is 1. The first kappa shape index (κ1) is 65.9.